The summed E-state index contributed by atoms with van der Waals surface area (Å²) >= 11 is 2.95. The predicted molar refractivity (Wildman–Crippen MR) is 124 cm³/mol. The Morgan fingerprint density at radius 3 is 2.53 bits per heavy atom. The van der Waals surface area contributed by atoms with Gasteiger partial charge in [0.05, 0.1) is 13.8 Å². The van der Waals surface area contributed by atoms with Crippen molar-refractivity contribution in [2.24, 2.45) is 0 Å². The summed E-state index contributed by atoms with van der Waals surface area (Å²) in [5, 5.41) is 0. The van der Waals surface area contributed by atoms with Gasteiger partial charge in [0.1, 0.15) is 20.8 Å². The number of anilines is 1. The summed E-state index contributed by atoms with van der Waals surface area (Å²) < 4.78 is 128. The molecule has 0 fully saturated rings. The van der Waals surface area contributed by atoms with Gasteiger partial charge in [0, 0.05) is 28.8 Å². The summed E-state index contributed by atoms with van der Waals surface area (Å²) in [5.74, 6) is -1.66. The summed E-state index contributed by atoms with van der Waals surface area (Å²) in [6, 6.07) is -3.04. The van der Waals surface area contributed by atoms with Gasteiger partial charge in [0.25, 0.3) is 10.2 Å². The molecule has 0 radical (unpaired) electrons. The highest BCUT2D eigenvalue weighted by molar-refractivity contribution is 9.10. The Kier molecular flexibility index (Phi) is 4.54. The lowest BCUT2D eigenvalue weighted by atomic mass is 10.1. The lowest BCUT2D eigenvalue weighted by molar-refractivity contribution is 0.202. The van der Waals surface area contributed by atoms with Gasteiger partial charge in [0.15, 0.2) is 5.82 Å². The molecule has 3 aromatic rings. The van der Waals surface area contributed by atoms with Gasteiger partial charge in [-0.05, 0) is 36.5 Å². The lowest BCUT2D eigenvalue weighted by Crippen LogP contribution is -2.31. The highest BCUT2D eigenvalue weighted by atomic mass is 79.9. The zero-order chi connectivity index (χ0) is 32.7. The van der Waals surface area contributed by atoms with Crippen LogP contribution in [0.1, 0.15) is 33.9 Å². The van der Waals surface area contributed by atoms with E-state index in [1.165, 1.54) is 17.1 Å². The number of rotatable bonds is 11. The maximum absolute atomic E-state index is 12.9. The van der Waals surface area contributed by atoms with E-state index in [1.54, 1.807) is 11.6 Å². The fraction of sp³-hybridized carbons (Fsp3) is 0.300. The Balaban J connectivity index is 2.17. The Morgan fingerprint density at radius 2 is 1.84 bits per heavy atom. The molecule has 0 bridgehead atoms. The average molecular weight is 534 g/mol. The Bertz CT molecular complexity index is 1610. The molecule has 0 aliphatic rings. The summed E-state index contributed by atoms with van der Waals surface area (Å²) in [5.41, 5.74) is -0.629. The summed E-state index contributed by atoms with van der Waals surface area (Å²) in [4.78, 5) is 15.0. The van der Waals surface area contributed by atoms with Crippen LogP contribution in [0.15, 0.2) is 47.3 Å². The van der Waals surface area contributed by atoms with E-state index in [0.717, 1.165) is 6.92 Å². The van der Waals surface area contributed by atoms with E-state index in [4.69, 9.17) is 24.6 Å². The number of aromatic nitrogens is 4. The van der Waals surface area contributed by atoms with Gasteiger partial charge < -0.3 is 9.47 Å². The number of aryl methyl sites for hydroxylation is 1. The molecule has 3 rings (SSSR count). The zero-order valence-electron chi connectivity index (χ0n) is 27.6. The second-order valence-electron chi connectivity index (χ2n) is 5.70. The van der Waals surface area contributed by atoms with Gasteiger partial charge in [-0.3, -0.25) is 4.72 Å². The number of hydrogen-bond donors (Lipinski definition) is 2. The van der Waals surface area contributed by atoms with Crippen LogP contribution in [0.3, 0.4) is 0 Å². The smallest absolute Gasteiger partial charge is 0.316 e. The van der Waals surface area contributed by atoms with Crippen LogP contribution in [0.2, 0.25) is 0 Å². The van der Waals surface area contributed by atoms with E-state index < -0.39 is 89.5 Å². The van der Waals surface area contributed by atoms with Crippen LogP contribution >= 0.6 is 15.9 Å². The molecule has 0 atom stereocenters. The fourth-order valence-electron chi connectivity index (χ4n) is 2.06. The number of benzene rings is 1. The first-order chi connectivity index (χ1) is 19.5. The predicted octanol–water partition coefficient (Wildman–Crippen LogP) is 3.12. The third-order valence-electron chi connectivity index (χ3n) is 3.34. The van der Waals surface area contributed by atoms with Crippen molar-refractivity contribution in [3.8, 4) is 23.0 Å². The molecule has 32 heavy (non-hydrogen) atoms. The van der Waals surface area contributed by atoms with Gasteiger partial charge in [-0.1, -0.05) is 34.9 Å². The number of ether oxygens (including phenoxy) is 2. The van der Waals surface area contributed by atoms with Crippen LogP contribution in [0.25, 0.3) is 11.1 Å². The molecule has 1 aromatic carbocycles. The van der Waals surface area contributed by atoms with E-state index in [9.17, 15) is 8.42 Å². The number of halogens is 1. The van der Waals surface area contributed by atoms with Crippen LogP contribution in [-0.2, 0) is 10.2 Å². The minimum atomic E-state index is -5.07. The van der Waals surface area contributed by atoms with Crippen LogP contribution in [-0.4, -0.2) is 48.0 Å². The molecule has 0 saturated carbocycles. The second kappa shape index (κ2) is 11.2. The largest absolute Gasteiger partial charge is 0.473 e. The molecule has 0 aliphatic heterocycles. The average Bonchev–Trinajstić information content (AvgIpc) is 2.86. The molecule has 0 spiro atoms. The Labute approximate surface area is 210 Å². The molecule has 2 N–H and O–H groups in total. The minimum absolute atomic E-state index is 0.239. The molecule has 0 amide bonds. The van der Waals surface area contributed by atoms with Crippen molar-refractivity contribution in [3.63, 3.8) is 0 Å². The van der Waals surface area contributed by atoms with Crippen LogP contribution in [0.4, 0.5) is 5.82 Å². The molecular formula is C20H23BrN6O4S. The van der Waals surface area contributed by atoms with Gasteiger partial charge in [-0.25, -0.2) is 19.9 Å². The quantitative estimate of drug-likeness (QED) is 0.384. The third kappa shape index (κ3) is 6.84. The normalized spacial score (nSPS) is 17.5. The van der Waals surface area contributed by atoms with E-state index in [0.29, 0.717) is 5.56 Å². The monoisotopic (exact) mass is 533 g/mol. The Hall–Kier alpha value is -2.83. The molecule has 12 heteroatoms. The van der Waals surface area contributed by atoms with E-state index in [2.05, 4.69) is 35.9 Å². The molecule has 170 valence electrons. The zero-order valence-corrected chi connectivity index (χ0v) is 19.0. The molecule has 2 heterocycles. The van der Waals surface area contributed by atoms with Crippen molar-refractivity contribution in [1.82, 2.24) is 24.7 Å². The highest BCUT2D eigenvalue weighted by Gasteiger charge is 2.19. The number of nitrogens with zero attached hydrogens (tertiary/aromatic N) is 4. The second-order valence-corrected chi connectivity index (χ2v) is 7.91. The van der Waals surface area contributed by atoms with Crippen LogP contribution in [0, 0.1) is 6.92 Å². The first-order valence-electron chi connectivity index (χ1n) is 14.1. The van der Waals surface area contributed by atoms with Crippen LogP contribution < -0.4 is 18.9 Å². The van der Waals surface area contributed by atoms with E-state index >= 15 is 0 Å². The lowest BCUT2D eigenvalue weighted by Gasteiger charge is -2.15. The van der Waals surface area contributed by atoms with Gasteiger partial charge in [0.2, 0.25) is 5.88 Å². The van der Waals surface area contributed by atoms with Crippen molar-refractivity contribution < 1.29 is 33.0 Å². The first-order valence-corrected chi connectivity index (χ1v) is 10.9. The maximum Gasteiger partial charge on any atom is 0.316 e. The number of nitrogens with one attached hydrogen (secondary N) is 2. The molecule has 0 saturated heterocycles. The summed E-state index contributed by atoms with van der Waals surface area (Å²) in [6.45, 7) is -4.36. The van der Waals surface area contributed by atoms with Gasteiger partial charge in [-0.2, -0.15) is 13.1 Å². The minimum Gasteiger partial charge on any atom is -0.473 e. The third-order valence-corrected chi connectivity index (χ3v) is 4.57. The first kappa shape index (κ1) is 13.0. The van der Waals surface area contributed by atoms with Crippen molar-refractivity contribution in [2.45, 2.75) is 20.2 Å². The van der Waals surface area contributed by atoms with Crippen molar-refractivity contribution in [3.05, 3.63) is 52.9 Å². The van der Waals surface area contributed by atoms with Crippen molar-refractivity contribution >= 4 is 32.0 Å². The fourth-order valence-corrected chi connectivity index (χ4v) is 2.94. The molecule has 10 nitrogen and oxygen atoms in total. The van der Waals surface area contributed by atoms with Crippen molar-refractivity contribution in [1.29, 1.82) is 0 Å². The maximum atomic E-state index is 12.9. The SMILES string of the molecule is [2H]c1nc(NS(=O)(=O)NC([2H])([2H])C([2H])([2H])C)c(-c2c([2H])c([2H])c(Br)c([2H])c2[2H])c(OCC([2H])([2H])Oc2ncc(C)cn2)n1. The standard InChI is InChI=1S/C20H23BrN6O4S/c1-3-8-26-32(28,29)27-18-17(15-4-6-16(21)7-5-15)19(25-13-24-18)30-9-10-31-20-22-11-14(2)12-23-20/h4-7,11-13,26H,3,8-10H2,1-2H3,(H,24,25,27)/i3D2,4D,5D,6D,7D,8D2,10D2,13D. The molecule has 2 aromatic heterocycles. The van der Waals surface area contributed by atoms with Crippen LogP contribution in [0.5, 0.6) is 11.9 Å². The molecular weight excluding hydrogens is 500 g/mol. The Morgan fingerprint density at radius 1 is 1.12 bits per heavy atom. The topological polar surface area (TPSA) is 128 Å². The molecule has 0 unspecified atom stereocenters. The van der Waals surface area contributed by atoms with Gasteiger partial charge in [-0.15, -0.1) is 0 Å². The van der Waals surface area contributed by atoms with Crippen molar-refractivity contribution in [2.75, 3.05) is 24.4 Å². The van der Waals surface area contributed by atoms with E-state index in [1.807, 2.05) is 0 Å². The van der Waals surface area contributed by atoms with E-state index in [-0.39, 0.29) is 10.5 Å². The van der Waals surface area contributed by atoms with Gasteiger partial charge >= 0.3 is 6.01 Å². The summed E-state index contributed by atoms with van der Waals surface area (Å²) in [6.07, 6.45) is -0.903. The highest BCUT2D eigenvalue weighted by Crippen LogP contribution is 2.34. The number of hydrogen-bond acceptors (Lipinski definition) is 8. The summed E-state index contributed by atoms with van der Waals surface area (Å²) in [7, 11) is -5.07. The molecule has 0 aliphatic carbocycles.